The Balaban J connectivity index is 1.87. The zero-order chi connectivity index (χ0) is 29.7. The molecule has 0 radical (unpaired) electrons. The number of halogens is 3. The molecule has 11 nitrogen and oxygen atoms in total. The third-order valence-corrected chi connectivity index (χ3v) is 6.70. The van der Waals surface area contributed by atoms with Gasteiger partial charge in [0.1, 0.15) is 22.0 Å². The second kappa shape index (κ2) is 12.4. The minimum absolute atomic E-state index is 0.000882. The van der Waals surface area contributed by atoms with Crippen LogP contribution in [0.5, 0.6) is 0 Å². The van der Waals surface area contributed by atoms with Crippen molar-refractivity contribution >= 4 is 40.2 Å². The van der Waals surface area contributed by atoms with E-state index in [1.807, 2.05) is 0 Å². The Kier molecular flexibility index (Phi) is 8.98. The van der Waals surface area contributed by atoms with Crippen LogP contribution < -0.4 is 16.1 Å². The topological polar surface area (TPSA) is 148 Å². The number of urea groups is 1. The first kappa shape index (κ1) is 29.6. The van der Waals surface area contributed by atoms with Gasteiger partial charge in [-0.25, -0.2) is 24.5 Å². The lowest BCUT2D eigenvalue weighted by atomic mass is 10.0. The van der Waals surface area contributed by atoms with Crippen LogP contribution >= 0.6 is 11.3 Å². The SMILES string of the molecule is CCNC(=O)Nc1cc(-c2nc(C(F)(F)F)cs2)c(-c2cnc3c(c2)c(=O)c(C(=O)OCCCO)cn3CC)cn1. The van der Waals surface area contributed by atoms with Crippen LogP contribution in [-0.4, -0.2) is 56.4 Å². The molecule has 15 heteroatoms. The molecule has 4 aromatic rings. The van der Waals surface area contributed by atoms with Crippen molar-refractivity contribution in [2.45, 2.75) is 33.0 Å². The van der Waals surface area contributed by atoms with E-state index in [4.69, 9.17) is 9.84 Å². The van der Waals surface area contributed by atoms with Gasteiger partial charge in [-0.2, -0.15) is 13.2 Å². The molecule has 2 amide bonds. The monoisotopic (exact) mass is 590 g/mol. The number of alkyl halides is 3. The normalized spacial score (nSPS) is 11.5. The van der Waals surface area contributed by atoms with Gasteiger partial charge in [-0.05, 0) is 26.0 Å². The molecule has 0 bridgehead atoms. The number of carbonyl (C=O) groups is 2. The highest BCUT2D eigenvalue weighted by Gasteiger charge is 2.34. The minimum Gasteiger partial charge on any atom is -0.462 e. The number of nitrogens with one attached hydrogen (secondary N) is 2. The molecule has 0 aromatic carbocycles. The third kappa shape index (κ3) is 6.52. The fraction of sp³-hybridized carbons (Fsp3) is 0.308. The highest BCUT2D eigenvalue weighted by Crippen LogP contribution is 2.38. The van der Waals surface area contributed by atoms with Crippen molar-refractivity contribution in [3.05, 3.63) is 57.6 Å². The molecule has 0 spiro atoms. The first-order valence-corrected chi connectivity index (χ1v) is 13.3. The molecule has 4 aromatic heterocycles. The molecule has 0 aliphatic rings. The number of aliphatic hydroxyl groups is 1. The van der Waals surface area contributed by atoms with Gasteiger partial charge in [0.05, 0.1) is 12.0 Å². The van der Waals surface area contributed by atoms with Crippen LogP contribution in [-0.2, 0) is 17.5 Å². The largest absolute Gasteiger partial charge is 0.462 e. The second-order valence-corrected chi connectivity index (χ2v) is 9.46. The second-order valence-electron chi connectivity index (χ2n) is 8.60. The smallest absolute Gasteiger partial charge is 0.434 e. The van der Waals surface area contributed by atoms with E-state index in [1.165, 1.54) is 30.7 Å². The van der Waals surface area contributed by atoms with Crippen molar-refractivity contribution in [3.63, 3.8) is 0 Å². The minimum atomic E-state index is -4.66. The summed E-state index contributed by atoms with van der Waals surface area (Å²) in [6.07, 6.45) is -0.341. The summed E-state index contributed by atoms with van der Waals surface area (Å²) in [7, 11) is 0. The summed E-state index contributed by atoms with van der Waals surface area (Å²) in [5.74, 6) is -0.794. The van der Waals surface area contributed by atoms with Gasteiger partial charge in [0.25, 0.3) is 0 Å². The van der Waals surface area contributed by atoms with Crippen LogP contribution in [0.15, 0.2) is 40.9 Å². The molecule has 0 unspecified atom stereocenters. The Labute approximate surface area is 235 Å². The van der Waals surface area contributed by atoms with E-state index in [9.17, 15) is 27.6 Å². The van der Waals surface area contributed by atoms with Crippen molar-refractivity contribution < 1.29 is 32.6 Å². The zero-order valence-electron chi connectivity index (χ0n) is 21.9. The number of nitrogens with zero attached hydrogens (tertiary/aromatic N) is 4. The fourth-order valence-corrected chi connectivity index (χ4v) is 4.75. The Hall–Kier alpha value is -4.37. The molecule has 0 saturated heterocycles. The molecular weight excluding hydrogens is 565 g/mol. The number of thiazole rings is 1. The highest BCUT2D eigenvalue weighted by molar-refractivity contribution is 7.13. The molecule has 4 heterocycles. The van der Waals surface area contributed by atoms with Crippen molar-refractivity contribution in [3.8, 4) is 21.7 Å². The van der Waals surface area contributed by atoms with Crippen molar-refractivity contribution in [1.82, 2.24) is 24.8 Å². The number of aromatic nitrogens is 4. The fourth-order valence-electron chi connectivity index (χ4n) is 3.89. The van der Waals surface area contributed by atoms with Gasteiger partial charge in [-0.3, -0.25) is 10.1 Å². The predicted octanol–water partition coefficient (Wildman–Crippen LogP) is 4.30. The summed E-state index contributed by atoms with van der Waals surface area (Å²) >= 11 is 0.752. The Morgan fingerprint density at radius 3 is 2.59 bits per heavy atom. The molecular formula is C26H25F3N6O5S. The number of anilines is 1. The van der Waals surface area contributed by atoms with Crippen molar-refractivity contribution in [2.24, 2.45) is 0 Å². The molecule has 0 aliphatic heterocycles. The van der Waals surface area contributed by atoms with Gasteiger partial charge in [-0.1, -0.05) is 0 Å². The van der Waals surface area contributed by atoms with Crippen molar-refractivity contribution in [1.29, 1.82) is 0 Å². The van der Waals surface area contributed by atoms with Crippen LogP contribution in [0, 0.1) is 0 Å². The Morgan fingerprint density at radius 1 is 1.15 bits per heavy atom. The van der Waals surface area contributed by atoms with E-state index in [0.29, 0.717) is 24.2 Å². The van der Waals surface area contributed by atoms with Gasteiger partial charge >= 0.3 is 18.2 Å². The summed E-state index contributed by atoms with van der Waals surface area (Å²) in [5.41, 5.74) is -0.849. The average molecular weight is 591 g/mol. The summed E-state index contributed by atoms with van der Waals surface area (Å²) < 4.78 is 46.7. The van der Waals surface area contributed by atoms with Crippen molar-refractivity contribution in [2.75, 3.05) is 25.1 Å². The third-order valence-electron chi connectivity index (χ3n) is 5.83. The van der Waals surface area contributed by atoms with E-state index in [-0.39, 0.29) is 52.6 Å². The van der Waals surface area contributed by atoms with E-state index in [1.54, 1.807) is 18.4 Å². The maximum Gasteiger partial charge on any atom is 0.434 e. The molecule has 4 rings (SSSR count). The van der Waals surface area contributed by atoms with Gasteiger partial charge in [0, 0.05) is 66.8 Å². The van der Waals surface area contributed by atoms with Crippen LogP contribution in [0.25, 0.3) is 32.7 Å². The van der Waals surface area contributed by atoms with Crippen LogP contribution in [0.1, 0.15) is 36.3 Å². The molecule has 0 saturated carbocycles. The lowest BCUT2D eigenvalue weighted by molar-refractivity contribution is -0.140. The van der Waals surface area contributed by atoms with Gasteiger partial charge in [0.15, 0.2) is 5.69 Å². The molecule has 3 N–H and O–H groups in total. The zero-order valence-corrected chi connectivity index (χ0v) is 22.7. The molecule has 0 fully saturated rings. The standard InChI is InChI=1S/C26H25F3N6O5S/c1-3-30-25(39)34-20-9-15(23-33-19(13-41-23)26(27,28)29)17(11-31-20)14-8-16-21(37)18(24(38)40-7-5-6-36)12-35(4-2)22(16)32-10-14/h8-13,36H,3-7H2,1-2H3,(H2,30,31,34,39). The first-order chi connectivity index (χ1) is 19.6. The number of aryl methyl sites for hydroxylation is 1. The maximum atomic E-state index is 13.4. The number of ether oxygens (including phenoxy) is 1. The van der Waals surface area contributed by atoms with E-state index in [0.717, 1.165) is 16.7 Å². The molecule has 216 valence electrons. The lowest BCUT2D eigenvalue weighted by Crippen LogP contribution is -2.28. The predicted molar refractivity (Wildman–Crippen MR) is 146 cm³/mol. The first-order valence-electron chi connectivity index (χ1n) is 12.5. The quantitative estimate of drug-likeness (QED) is 0.193. The van der Waals surface area contributed by atoms with Crippen LogP contribution in [0.2, 0.25) is 0 Å². The van der Waals surface area contributed by atoms with Gasteiger partial charge in [-0.15, -0.1) is 11.3 Å². The molecule has 0 atom stereocenters. The molecule has 0 aliphatic carbocycles. The highest BCUT2D eigenvalue weighted by atomic mass is 32.1. The summed E-state index contributed by atoms with van der Waals surface area (Å²) in [6.45, 7) is 3.96. The van der Waals surface area contributed by atoms with E-state index >= 15 is 0 Å². The average Bonchev–Trinajstić information content (AvgIpc) is 3.45. The number of hydrogen-bond acceptors (Lipinski definition) is 9. The van der Waals surface area contributed by atoms with E-state index < -0.39 is 29.3 Å². The number of carbonyl (C=O) groups excluding carboxylic acids is 2. The summed E-state index contributed by atoms with van der Waals surface area (Å²) in [6, 6.07) is 2.30. The number of hydrogen-bond donors (Lipinski definition) is 3. The number of fused-ring (bicyclic) bond motifs is 1. The lowest BCUT2D eigenvalue weighted by Gasteiger charge is -2.14. The molecule has 41 heavy (non-hydrogen) atoms. The summed E-state index contributed by atoms with van der Waals surface area (Å²) in [4.78, 5) is 50.4. The number of esters is 1. The number of aliphatic hydroxyl groups excluding tert-OH is 1. The summed E-state index contributed by atoms with van der Waals surface area (Å²) in [5, 5.41) is 15.0. The number of amides is 2. The van der Waals surface area contributed by atoms with E-state index in [2.05, 4.69) is 25.6 Å². The number of rotatable bonds is 9. The van der Waals surface area contributed by atoms with Crippen LogP contribution in [0.3, 0.4) is 0 Å². The van der Waals surface area contributed by atoms with Gasteiger partial charge < -0.3 is 19.7 Å². The number of pyridine rings is 3. The maximum absolute atomic E-state index is 13.4. The Bertz CT molecular complexity index is 1650. The van der Waals surface area contributed by atoms with Crippen LogP contribution in [0.4, 0.5) is 23.8 Å². The van der Waals surface area contributed by atoms with Gasteiger partial charge in [0.2, 0.25) is 5.43 Å². The Morgan fingerprint density at radius 2 is 1.93 bits per heavy atom.